The van der Waals surface area contributed by atoms with Gasteiger partial charge < -0.3 is 9.88 Å². The average Bonchev–Trinajstić information content (AvgIpc) is 2.91. The highest BCUT2D eigenvalue weighted by Gasteiger charge is 2.17. The number of rotatable bonds is 3. The van der Waals surface area contributed by atoms with Crippen LogP contribution in [0.4, 0.5) is 5.69 Å². The highest BCUT2D eigenvalue weighted by Crippen LogP contribution is 2.27. The lowest BCUT2D eigenvalue weighted by atomic mass is 10.2. The molecule has 23 heavy (non-hydrogen) atoms. The molecule has 120 valence electrons. The van der Waals surface area contributed by atoms with Gasteiger partial charge in [0.25, 0.3) is 5.56 Å². The molecule has 0 aliphatic heterocycles. The number of anilines is 1. The van der Waals surface area contributed by atoms with Gasteiger partial charge in [0.2, 0.25) is 0 Å². The minimum atomic E-state index is -3.36. The van der Waals surface area contributed by atoms with Gasteiger partial charge in [0.05, 0.1) is 28.8 Å². The summed E-state index contributed by atoms with van der Waals surface area (Å²) in [6.45, 7) is 0. The molecule has 1 N–H and O–H groups in total. The lowest BCUT2D eigenvalue weighted by Gasteiger charge is -2.17. The monoisotopic (exact) mass is 333 g/mol. The number of nitrogens with one attached hydrogen (secondary N) is 1. The molecule has 3 aromatic rings. The average molecular weight is 333 g/mol. The number of nitrogens with zero attached hydrogens (tertiary/aromatic N) is 4. The first kappa shape index (κ1) is 15.2. The van der Waals surface area contributed by atoms with Gasteiger partial charge in [-0.05, 0) is 18.2 Å². The summed E-state index contributed by atoms with van der Waals surface area (Å²) in [7, 11) is 0.168. The number of sulfone groups is 1. The Morgan fingerprint density at radius 1 is 1.26 bits per heavy atom. The van der Waals surface area contributed by atoms with Crippen LogP contribution in [-0.4, -0.2) is 48.5 Å². The summed E-state index contributed by atoms with van der Waals surface area (Å²) in [5, 5.41) is 4.55. The van der Waals surface area contributed by atoms with Crippen LogP contribution >= 0.6 is 0 Å². The van der Waals surface area contributed by atoms with Crippen molar-refractivity contribution < 1.29 is 8.42 Å². The van der Waals surface area contributed by atoms with E-state index in [1.165, 1.54) is 29.5 Å². The van der Waals surface area contributed by atoms with Gasteiger partial charge in [0.1, 0.15) is 5.39 Å². The van der Waals surface area contributed by atoms with E-state index < -0.39 is 9.84 Å². The van der Waals surface area contributed by atoms with Crippen molar-refractivity contribution in [3.8, 4) is 5.69 Å². The summed E-state index contributed by atoms with van der Waals surface area (Å²) >= 11 is 0. The van der Waals surface area contributed by atoms with Gasteiger partial charge in [0, 0.05) is 20.4 Å². The molecule has 0 amide bonds. The van der Waals surface area contributed by atoms with E-state index in [2.05, 4.69) is 15.1 Å². The molecular formula is C14H15N5O3S. The third-order valence-corrected chi connectivity index (χ3v) is 4.58. The molecule has 3 rings (SSSR count). The molecule has 0 bridgehead atoms. The third-order valence-electron chi connectivity index (χ3n) is 3.44. The second-order valence-electron chi connectivity index (χ2n) is 5.34. The predicted octanol–water partition coefficient (Wildman–Crippen LogP) is 0.578. The first-order valence-electron chi connectivity index (χ1n) is 6.72. The van der Waals surface area contributed by atoms with E-state index in [0.717, 1.165) is 0 Å². The van der Waals surface area contributed by atoms with E-state index >= 15 is 0 Å². The number of aromatic amines is 1. The van der Waals surface area contributed by atoms with Crippen LogP contribution in [0.2, 0.25) is 0 Å². The Kier molecular flexibility index (Phi) is 3.44. The molecule has 0 saturated heterocycles. The molecule has 8 nitrogen and oxygen atoms in total. The lowest BCUT2D eigenvalue weighted by molar-refractivity contribution is 0.602. The summed E-state index contributed by atoms with van der Waals surface area (Å²) < 4.78 is 25.3. The molecule has 2 heterocycles. The third kappa shape index (κ3) is 2.59. The molecule has 1 aromatic carbocycles. The van der Waals surface area contributed by atoms with Gasteiger partial charge in [-0.3, -0.25) is 4.79 Å². The maximum Gasteiger partial charge on any atom is 0.261 e. The van der Waals surface area contributed by atoms with E-state index in [1.54, 1.807) is 31.1 Å². The van der Waals surface area contributed by atoms with Crippen LogP contribution in [0.5, 0.6) is 0 Å². The van der Waals surface area contributed by atoms with E-state index in [4.69, 9.17) is 0 Å². The topological polar surface area (TPSA) is 101 Å². The van der Waals surface area contributed by atoms with Crippen LogP contribution in [0.3, 0.4) is 0 Å². The molecule has 0 spiro atoms. The first-order chi connectivity index (χ1) is 10.8. The van der Waals surface area contributed by atoms with E-state index in [0.29, 0.717) is 22.4 Å². The van der Waals surface area contributed by atoms with Crippen molar-refractivity contribution in [2.45, 2.75) is 4.90 Å². The molecule has 9 heteroatoms. The number of hydrogen-bond donors (Lipinski definition) is 1. The maximum absolute atomic E-state index is 11.9. The van der Waals surface area contributed by atoms with E-state index in [-0.39, 0.29) is 10.5 Å². The molecule has 0 atom stereocenters. The highest BCUT2D eigenvalue weighted by atomic mass is 32.2. The standard InChI is InChI=1S/C14H15N5O3S/c1-18(2)11-6-9(4-5-12(11)23(3,21)22)19-13-10(7-17-19)14(20)16-8-15-13/h4-8H,1-3H3,(H,15,16,20). The van der Waals surface area contributed by atoms with Crippen molar-refractivity contribution in [3.05, 3.63) is 41.1 Å². The van der Waals surface area contributed by atoms with Crippen molar-refractivity contribution >= 4 is 26.6 Å². The zero-order valence-electron chi connectivity index (χ0n) is 12.8. The minimum absolute atomic E-state index is 0.230. The van der Waals surface area contributed by atoms with Gasteiger partial charge in [-0.25, -0.2) is 18.1 Å². The fourth-order valence-corrected chi connectivity index (χ4v) is 3.28. The number of aromatic nitrogens is 4. The fourth-order valence-electron chi connectivity index (χ4n) is 2.35. The molecule has 0 unspecified atom stereocenters. The first-order valence-corrected chi connectivity index (χ1v) is 8.61. The molecule has 0 saturated carbocycles. The van der Waals surface area contributed by atoms with Crippen LogP contribution in [0.1, 0.15) is 0 Å². The van der Waals surface area contributed by atoms with Gasteiger partial charge in [-0.2, -0.15) is 5.10 Å². The van der Waals surface area contributed by atoms with Gasteiger partial charge in [-0.1, -0.05) is 0 Å². The van der Waals surface area contributed by atoms with E-state index in [9.17, 15) is 13.2 Å². The van der Waals surface area contributed by atoms with Gasteiger partial charge >= 0.3 is 0 Å². The van der Waals surface area contributed by atoms with E-state index in [1.807, 2.05) is 0 Å². The van der Waals surface area contributed by atoms with Gasteiger partial charge in [0.15, 0.2) is 15.5 Å². The number of hydrogen-bond acceptors (Lipinski definition) is 6. The second-order valence-corrected chi connectivity index (χ2v) is 7.33. The highest BCUT2D eigenvalue weighted by molar-refractivity contribution is 7.90. The summed E-state index contributed by atoms with van der Waals surface area (Å²) in [4.78, 5) is 20.3. The van der Waals surface area contributed by atoms with Gasteiger partial charge in [-0.15, -0.1) is 0 Å². The zero-order chi connectivity index (χ0) is 16.8. The number of H-pyrrole nitrogens is 1. The quantitative estimate of drug-likeness (QED) is 0.752. The zero-order valence-corrected chi connectivity index (χ0v) is 13.6. The normalized spacial score (nSPS) is 11.8. The van der Waals surface area contributed by atoms with Crippen LogP contribution in [0.25, 0.3) is 16.7 Å². The van der Waals surface area contributed by atoms with Crippen molar-refractivity contribution in [1.29, 1.82) is 0 Å². The summed E-state index contributed by atoms with van der Waals surface area (Å²) in [5.74, 6) is 0. The minimum Gasteiger partial charge on any atom is -0.377 e. The molecule has 0 aliphatic carbocycles. The summed E-state index contributed by atoms with van der Waals surface area (Å²) in [6.07, 6.45) is 3.90. The summed E-state index contributed by atoms with van der Waals surface area (Å²) in [6, 6.07) is 4.87. The Morgan fingerprint density at radius 3 is 2.65 bits per heavy atom. The largest absolute Gasteiger partial charge is 0.377 e. The van der Waals surface area contributed by atoms with Crippen LogP contribution in [-0.2, 0) is 9.84 Å². The molecule has 0 fully saturated rings. The Labute approximate surface area is 132 Å². The number of benzene rings is 1. The summed E-state index contributed by atoms with van der Waals surface area (Å²) in [5.41, 5.74) is 1.29. The Balaban J connectivity index is 2.26. The Morgan fingerprint density at radius 2 is 2.00 bits per heavy atom. The molecule has 0 radical (unpaired) electrons. The maximum atomic E-state index is 11.9. The molecular weight excluding hydrogens is 318 g/mol. The fraction of sp³-hybridized carbons (Fsp3) is 0.214. The lowest BCUT2D eigenvalue weighted by Crippen LogP contribution is -2.14. The molecule has 0 aliphatic rings. The smallest absolute Gasteiger partial charge is 0.261 e. The van der Waals surface area contributed by atoms with Crippen molar-refractivity contribution in [2.24, 2.45) is 0 Å². The Hall–Kier alpha value is -2.68. The Bertz CT molecular complexity index is 1050. The van der Waals surface area contributed by atoms with Crippen LogP contribution in [0, 0.1) is 0 Å². The van der Waals surface area contributed by atoms with Crippen molar-refractivity contribution in [2.75, 3.05) is 25.3 Å². The SMILES string of the molecule is CN(C)c1cc(-n2ncc3c(=O)[nH]cnc32)ccc1S(C)(=O)=O. The van der Waals surface area contributed by atoms with Crippen LogP contribution in [0.15, 0.2) is 40.4 Å². The van der Waals surface area contributed by atoms with Crippen LogP contribution < -0.4 is 10.5 Å². The second kappa shape index (κ2) is 5.20. The van der Waals surface area contributed by atoms with Crippen molar-refractivity contribution in [1.82, 2.24) is 19.7 Å². The van der Waals surface area contributed by atoms with Crippen molar-refractivity contribution in [3.63, 3.8) is 0 Å². The predicted molar refractivity (Wildman–Crippen MR) is 86.9 cm³/mol. The number of fused-ring (bicyclic) bond motifs is 1. The molecule has 2 aromatic heterocycles.